The maximum absolute atomic E-state index is 5.90. The van der Waals surface area contributed by atoms with Gasteiger partial charge in [-0.1, -0.05) is 0 Å². The highest BCUT2D eigenvalue weighted by molar-refractivity contribution is 5.66. The summed E-state index contributed by atoms with van der Waals surface area (Å²) >= 11 is 0. The van der Waals surface area contributed by atoms with Crippen LogP contribution in [-0.4, -0.2) is 43.1 Å². The zero-order valence-electron chi connectivity index (χ0n) is 9.35. The van der Waals surface area contributed by atoms with Crippen LogP contribution in [0.3, 0.4) is 0 Å². The van der Waals surface area contributed by atoms with Gasteiger partial charge in [-0.15, -0.1) is 0 Å². The predicted octanol–water partition coefficient (Wildman–Crippen LogP) is 0.804. The molecule has 2 N–H and O–H groups in total. The van der Waals surface area contributed by atoms with Crippen LogP contribution >= 0.6 is 0 Å². The van der Waals surface area contributed by atoms with Gasteiger partial charge in [0.1, 0.15) is 0 Å². The first-order valence-electron chi connectivity index (χ1n) is 5.29. The number of rotatable bonds is 2. The molecule has 0 radical (unpaired) electrons. The van der Waals surface area contributed by atoms with Gasteiger partial charge in [-0.25, -0.2) is 0 Å². The second kappa shape index (κ2) is 4.06. The molecule has 15 heavy (non-hydrogen) atoms. The molecule has 4 heteroatoms. The van der Waals surface area contributed by atoms with Crippen LogP contribution in [0.4, 0.5) is 11.4 Å². The van der Waals surface area contributed by atoms with Gasteiger partial charge in [0.05, 0.1) is 17.6 Å². The van der Waals surface area contributed by atoms with Crippen LogP contribution in [0, 0.1) is 0 Å². The molecule has 1 aromatic heterocycles. The van der Waals surface area contributed by atoms with E-state index in [0.29, 0.717) is 6.04 Å². The fraction of sp³-hybridized carbons (Fsp3) is 0.545. The van der Waals surface area contributed by atoms with Gasteiger partial charge in [-0.2, -0.15) is 0 Å². The maximum atomic E-state index is 5.90. The summed E-state index contributed by atoms with van der Waals surface area (Å²) in [4.78, 5) is 8.62. The summed E-state index contributed by atoms with van der Waals surface area (Å²) < 4.78 is 0. The lowest BCUT2D eigenvalue weighted by Gasteiger charge is -2.22. The smallest absolute Gasteiger partial charge is 0.0738 e. The molecule has 1 unspecified atom stereocenters. The summed E-state index contributed by atoms with van der Waals surface area (Å²) in [5.74, 6) is 0. The van der Waals surface area contributed by atoms with Crippen molar-refractivity contribution in [3.05, 3.63) is 18.5 Å². The number of hydrogen-bond acceptors (Lipinski definition) is 4. The topological polar surface area (TPSA) is 45.4 Å². The zero-order chi connectivity index (χ0) is 10.8. The highest BCUT2D eigenvalue weighted by Gasteiger charge is 2.24. The van der Waals surface area contributed by atoms with E-state index in [9.17, 15) is 0 Å². The van der Waals surface area contributed by atoms with Crippen LogP contribution in [0.15, 0.2) is 18.5 Å². The lowest BCUT2D eigenvalue weighted by Crippen LogP contribution is -2.31. The Labute approximate surface area is 90.7 Å². The molecule has 1 aromatic rings. The van der Waals surface area contributed by atoms with Gasteiger partial charge in [0.15, 0.2) is 0 Å². The summed E-state index contributed by atoms with van der Waals surface area (Å²) in [6.07, 6.45) is 4.72. The Hall–Kier alpha value is -1.29. The van der Waals surface area contributed by atoms with Crippen molar-refractivity contribution in [2.24, 2.45) is 0 Å². The highest BCUT2D eigenvalue weighted by Crippen LogP contribution is 2.26. The minimum atomic E-state index is 0.637. The van der Waals surface area contributed by atoms with Crippen molar-refractivity contribution in [1.82, 2.24) is 9.88 Å². The number of aromatic nitrogens is 1. The van der Waals surface area contributed by atoms with Crippen molar-refractivity contribution in [3.63, 3.8) is 0 Å². The van der Waals surface area contributed by atoms with E-state index >= 15 is 0 Å². The molecule has 0 bridgehead atoms. The molecule has 1 aliphatic rings. The van der Waals surface area contributed by atoms with E-state index in [-0.39, 0.29) is 0 Å². The van der Waals surface area contributed by atoms with Crippen LogP contribution in [0.5, 0.6) is 0 Å². The second-order valence-electron chi connectivity index (χ2n) is 4.29. The molecule has 2 rings (SSSR count). The molecule has 1 atom stereocenters. The van der Waals surface area contributed by atoms with Crippen LogP contribution in [0.25, 0.3) is 0 Å². The average molecular weight is 206 g/mol. The molecular weight excluding hydrogens is 188 g/mol. The molecule has 1 saturated heterocycles. The number of nitrogens with two attached hydrogens (primary N) is 1. The Bertz CT molecular complexity index is 337. The van der Waals surface area contributed by atoms with Gasteiger partial charge >= 0.3 is 0 Å². The van der Waals surface area contributed by atoms with E-state index in [0.717, 1.165) is 24.5 Å². The number of anilines is 2. The van der Waals surface area contributed by atoms with Gasteiger partial charge in [-0.05, 0) is 26.6 Å². The van der Waals surface area contributed by atoms with E-state index in [4.69, 9.17) is 5.73 Å². The Kier molecular flexibility index (Phi) is 2.77. The molecular formula is C11H18N4. The predicted molar refractivity (Wildman–Crippen MR) is 63.0 cm³/mol. The van der Waals surface area contributed by atoms with Crippen molar-refractivity contribution in [2.45, 2.75) is 12.5 Å². The van der Waals surface area contributed by atoms with Gasteiger partial charge in [0.25, 0.3) is 0 Å². The minimum absolute atomic E-state index is 0.637. The SMILES string of the molecule is CN(C)C1CCN(c2ccncc2N)C1. The number of likely N-dealkylation sites (N-methyl/N-ethyl adjacent to an activating group) is 1. The lowest BCUT2D eigenvalue weighted by molar-refractivity contribution is 0.315. The lowest BCUT2D eigenvalue weighted by atomic mass is 10.2. The third kappa shape index (κ3) is 2.04. The fourth-order valence-electron chi connectivity index (χ4n) is 2.07. The summed E-state index contributed by atoms with van der Waals surface area (Å²) in [6.45, 7) is 2.14. The van der Waals surface area contributed by atoms with Crippen LogP contribution in [-0.2, 0) is 0 Å². The molecule has 82 valence electrons. The Balaban J connectivity index is 2.11. The number of nitrogens with zero attached hydrogens (tertiary/aromatic N) is 3. The molecule has 0 saturated carbocycles. The standard InChI is InChI=1S/C11H18N4/c1-14(2)9-4-6-15(8-9)11-3-5-13-7-10(11)12/h3,5,7,9H,4,6,8,12H2,1-2H3. The summed E-state index contributed by atoms with van der Waals surface area (Å²) in [6, 6.07) is 2.63. The largest absolute Gasteiger partial charge is 0.396 e. The molecule has 1 aliphatic heterocycles. The van der Waals surface area contributed by atoms with Crippen molar-refractivity contribution in [1.29, 1.82) is 0 Å². The number of hydrogen-bond donors (Lipinski definition) is 1. The Morgan fingerprint density at radius 2 is 2.33 bits per heavy atom. The monoisotopic (exact) mass is 206 g/mol. The molecule has 0 spiro atoms. The molecule has 1 fully saturated rings. The Morgan fingerprint density at radius 3 is 2.93 bits per heavy atom. The van der Waals surface area contributed by atoms with Crippen LogP contribution < -0.4 is 10.6 Å². The maximum Gasteiger partial charge on any atom is 0.0738 e. The van der Waals surface area contributed by atoms with E-state index in [1.54, 1.807) is 12.4 Å². The summed E-state index contributed by atoms with van der Waals surface area (Å²) in [5.41, 5.74) is 7.80. The zero-order valence-corrected chi connectivity index (χ0v) is 9.35. The number of nitrogen functional groups attached to an aromatic ring is 1. The Morgan fingerprint density at radius 1 is 1.53 bits per heavy atom. The van der Waals surface area contributed by atoms with Crippen LogP contribution in [0.2, 0.25) is 0 Å². The number of pyridine rings is 1. The minimum Gasteiger partial charge on any atom is -0.396 e. The van der Waals surface area contributed by atoms with Gasteiger partial charge in [0, 0.05) is 25.3 Å². The van der Waals surface area contributed by atoms with Crippen molar-refractivity contribution in [2.75, 3.05) is 37.8 Å². The molecule has 0 aromatic carbocycles. The average Bonchev–Trinajstić information content (AvgIpc) is 2.67. The first kappa shape index (κ1) is 10.2. The molecule has 0 aliphatic carbocycles. The van der Waals surface area contributed by atoms with E-state index in [2.05, 4.69) is 28.9 Å². The summed E-state index contributed by atoms with van der Waals surface area (Å²) in [5, 5.41) is 0. The van der Waals surface area contributed by atoms with E-state index in [1.807, 2.05) is 6.07 Å². The first-order valence-corrected chi connectivity index (χ1v) is 5.29. The third-order valence-corrected chi connectivity index (χ3v) is 3.06. The van der Waals surface area contributed by atoms with Crippen molar-refractivity contribution in [3.8, 4) is 0 Å². The second-order valence-corrected chi connectivity index (χ2v) is 4.29. The van der Waals surface area contributed by atoms with Crippen molar-refractivity contribution < 1.29 is 0 Å². The fourth-order valence-corrected chi connectivity index (χ4v) is 2.07. The van der Waals surface area contributed by atoms with Gasteiger partial charge in [-0.3, -0.25) is 4.98 Å². The quantitative estimate of drug-likeness (QED) is 0.777. The third-order valence-electron chi connectivity index (χ3n) is 3.06. The first-order chi connectivity index (χ1) is 7.18. The van der Waals surface area contributed by atoms with Crippen LogP contribution in [0.1, 0.15) is 6.42 Å². The van der Waals surface area contributed by atoms with Gasteiger partial charge < -0.3 is 15.5 Å². The molecule has 2 heterocycles. The van der Waals surface area contributed by atoms with E-state index < -0.39 is 0 Å². The molecule has 4 nitrogen and oxygen atoms in total. The van der Waals surface area contributed by atoms with Crippen molar-refractivity contribution >= 4 is 11.4 Å². The molecule has 0 amide bonds. The normalized spacial score (nSPS) is 21.3. The van der Waals surface area contributed by atoms with Gasteiger partial charge in [0.2, 0.25) is 0 Å². The summed E-state index contributed by atoms with van der Waals surface area (Å²) in [7, 11) is 4.26. The van der Waals surface area contributed by atoms with E-state index in [1.165, 1.54) is 6.42 Å². The highest BCUT2D eigenvalue weighted by atomic mass is 15.2.